The first-order valence-electron chi connectivity index (χ1n) is 7.06. The van der Waals surface area contributed by atoms with Crippen LogP contribution in [0, 0.1) is 0 Å². The molecule has 0 saturated carbocycles. The second-order valence-corrected chi connectivity index (χ2v) is 5.14. The number of nitrogens with zero attached hydrogens (tertiary/aromatic N) is 3. The molecule has 21 heavy (non-hydrogen) atoms. The van der Waals surface area contributed by atoms with E-state index in [1.165, 1.54) is 4.52 Å². The zero-order valence-corrected chi connectivity index (χ0v) is 11.8. The van der Waals surface area contributed by atoms with Crippen LogP contribution in [0.15, 0.2) is 16.9 Å². The zero-order chi connectivity index (χ0) is 15.0. The molecule has 1 aliphatic rings. The number of ether oxygens (including phenoxy) is 1. The average molecular weight is 291 g/mol. The number of fused-ring (bicyclic) bond motifs is 1. The molecule has 112 valence electrons. The molecule has 7 nitrogen and oxygen atoms in total. The fourth-order valence-corrected chi connectivity index (χ4v) is 2.83. The number of carbonyl (C=O) groups is 1. The molecule has 2 aromatic heterocycles. The van der Waals surface area contributed by atoms with Crippen molar-refractivity contribution in [2.24, 2.45) is 0 Å². The summed E-state index contributed by atoms with van der Waals surface area (Å²) < 4.78 is 8.22. The maximum atomic E-state index is 12.1. The molecule has 7 heteroatoms. The van der Waals surface area contributed by atoms with Gasteiger partial charge in [0.25, 0.3) is 5.56 Å². The van der Waals surface area contributed by atoms with E-state index in [0.717, 1.165) is 24.6 Å². The van der Waals surface area contributed by atoms with Gasteiger partial charge in [0.2, 0.25) is 0 Å². The van der Waals surface area contributed by atoms with Gasteiger partial charge in [-0.3, -0.25) is 4.79 Å². The molecule has 2 aromatic rings. The van der Waals surface area contributed by atoms with Crippen LogP contribution in [0.25, 0.3) is 5.65 Å². The lowest BCUT2D eigenvalue weighted by Gasteiger charge is -2.19. The molecule has 1 fully saturated rings. The summed E-state index contributed by atoms with van der Waals surface area (Å²) in [4.78, 5) is 23.3. The second kappa shape index (κ2) is 5.33. The third-order valence-corrected chi connectivity index (χ3v) is 3.92. The number of hydrogen-bond acceptors (Lipinski definition) is 4. The van der Waals surface area contributed by atoms with E-state index in [1.54, 1.807) is 4.57 Å². The Bertz CT molecular complexity index is 740. The summed E-state index contributed by atoms with van der Waals surface area (Å²) in [6.07, 6.45) is 1.74. The maximum Gasteiger partial charge on any atom is 0.352 e. The summed E-state index contributed by atoms with van der Waals surface area (Å²) in [7, 11) is 0. The topological polar surface area (TPSA) is 85.8 Å². The number of aromatic nitrogens is 3. The van der Waals surface area contributed by atoms with E-state index >= 15 is 0 Å². The summed E-state index contributed by atoms with van der Waals surface area (Å²) >= 11 is 0. The summed E-state index contributed by atoms with van der Waals surface area (Å²) in [5.74, 6) is -0.845. The number of aromatic carboxylic acids is 1. The highest BCUT2D eigenvalue weighted by molar-refractivity contribution is 5.86. The van der Waals surface area contributed by atoms with E-state index < -0.39 is 11.5 Å². The number of hydrogen-bond donors (Lipinski definition) is 1. The molecule has 1 N–H and O–H groups in total. The molecule has 1 aliphatic heterocycles. The van der Waals surface area contributed by atoms with Crippen LogP contribution >= 0.6 is 0 Å². The molecule has 0 spiro atoms. The molecule has 0 aromatic carbocycles. The van der Waals surface area contributed by atoms with Crippen LogP contribution in [0.4, 0.5) is 0 Å². The van der Waals surface area contributed by atoms with Crippen molar-refractivity contribution >= 4 is 11.6 Å². The van der Waals surface area contributed by atoms with Gasteiger partial charge in [0.05, 0.1) is 5.69 Å². The molecule has 0 aliphatic carbocycles. The van der Waals surface area contributed by atoms with E-state index in [9.17, 15) is 14.7 Å². The Hall–Kier alpha value is -2.15. The fraction of sp³-hybridized carbons (Fsp3) is 0.500. The van der Waals surface area contributed by atoms with Crippen molar-refractivity contribution in [3.05, 3.63) is 33.9 Å². The van der Waals surface area contributed by atoms with Crippen molar-refractivity contribution in [3.8, 4) is 0 Å². The zero-order valence-electron chi connectivity index (χ0n) is 11.8. The van der Waals surface area contributed by atoms with E-state index in [-0.39, 0.29) is 11.6 Å². The van der Waals surface area contributed by atoms with Crippen molar-refractivity contribution in [2.75, 3.05) is 13.2 Å². The summed E-state index contributed by atoms with van der Waals surface area (Å²) in [6, 6.07) is 2.95. The van der Waals surface area contributed by atoms with Crippen molar-refractivity contribution in [2.45, 2.75) is 32.2 Å². The molecular formula is C14H17N3O4. The molecular weight excluding hydrogens is 274 g/mol. The summed E-state index contributed by atoms with van der Waals surface area (Å²) in [6.45, 7) is 3.69. The molecule has 0 atom stereocenters. The molecule has 0 amide bonds. The molecule has 3 rings (SSSR count). The molecule has 0 unspecified atom stereocenters. The van der Waals surface area contributed by atoms with Gasteiger partial charge >= 0.3 is 5.97 Å². The Morgan fingerprint density at radius 3 is 2.76 bits per heavy atom. The Morgan fingerprint density at radius 2 is 2.14 bits per heavy atom. The smallest absolute Gasteiger partial charge is 0.352 e. The molecule has 0 bridgehead atoms. The number of aryl methyl sites for hydroxylation is 1. The summed E-state index contributed by atoms with van der Waals surface area (Å²) in [5.41, 5.74) is 0.947. The third-order valence-electron chi connectivity index (χ3n) is 3.92. The Balaban J connectivity index is 2.17. The lowest BCUT2D eigenvalue weighted by molar-refractivity contribution is 0.0684. The molecule has 3 heterocycles. The first-order chi connectivity index (χ1) is 10.1. The number of carboxylic acid groups (broad SMARTS) is 1. The third kappa shape index (κ3) is 2.33. The van der Waals surface area contributed by atoms with E-state index in [2.05, 4.69) is 5.10 Å². The van der Waals surface area contributed by atoms with Crippen LogP contribution in [-0.4, -0.2) is 38.5 Å². The van der Waals surface area contributed by atoms with Gasteiger partial charge in [0.15, 0.2) is 0 Å². The van der Waals surface area contributed by atoms with Gasteiger partial charge in [-0.2, -0.15) is 9.61 Å². The van der Waals surface area contributed by atoms with Gasteiger partial charge in [-0.25, -0.2) is 4.79 Å². The highest BCUT2D eigenvalue weighted by atomic mass is 16.5. The van der Waals surface area contributed by atoms with Crippen LogP contribution in [0.2, 0.25) is 0 Å². The Labute approximate surface area is 120 Å². The first kappa shape index (κ1) is 13.8. The van der Waals surface area contributed by atoms with Gasteiger partial charge in [0, 0.05) is 37.8 Å². The minimum Gasteiger partial charge on any atom is -0.477 e. The van der Waals surface area contributed by atoms with Gasteiger partial charge in [-0.15, -0.1) is 0 Å². The lowest BCUT2D eigenvalue weighted by atomic mass is 9.97. The number of carboxylic acids is 1. The van der Waals surface area contributed by atoms with Gasteiger partial charge in [0.1, 0.15) is 11.3 Å². The minimum atomic E-state index is -1.11. The normalized spacial score (nSPS) is 16.4. The predicted molar refractivity (Wildman–Crippen MR) is 74.9 cm³/mol. The van der Waals surface area contributed by atoms with E-state index in [4.69, 9.17) is 4.74 Å². The van der Waals surface area contributed by atoms with Crippen molar-refractivity contribution in [1.29, 1.82) is 0 Å². The van der Waals surface area contributed by atoms with Crippen LogP contribution < -0.4 is 5.56 Å². The first-order valence-corrected chi connectivity index (χ1v) is 7.06. The quantitative estimate of drug-likeness (QED) is 0.915. The number of rotatable bonds is 3. The van der Waals surface area contributed by atoms with Gasteiger partial charge in [-0.1, -0.05) is 0 Å². The Kier molecular flexibility index (Phi) is 3.50. The highest BCUT2D eigenvalue weighted by Crippen LogP contribution is 2.26. The molecule has 0 radical (unpaired) electrons. The van der Waals surface area contributed by atoms with Crippen LogP contribution in [-0.2, 0) is 11.3 Å². The van der Waals surface area contributed by atoms with Gasteiger partial charge < -0.3 is 14.4 Å². The summed E-state index contributed by atoms with van der Waals surface area (Å²) in [5, 5.41) is 13.6. The van der Waals surface area contributed by atoms with Crippen molar-refractivity contribution < 1.29 is 14.6 Å². The van der Waals surface area contributed by atoms with Crippen LogP contribution in [0.1, 0.15) is 41.9 Å². The predicted octanol–water partition coefficient (Wildman–Crippen LogP) is 1.11. The van der Waals surface area contributed by atoms with E-state index in [0.29, 0.717) is 25.4 Å². The maximum absolute atomic E-state index is 12.1. The second-order valence-electron chi connectivity index (χ2n) is 5.14. The Morgan fingerprint density at radius 1 is 1.43 bits per heavy atom. The van der Waals surface area contributed by atoms with Crippen molar-refractivity contribution in [1.82, 2.24) is 14.2 Å². The SMILES string of the molecule is CCn1c(C(=O)O)cc(=O)n2nc(C3CCOCC3)cc12. The lowest BCUT2D eigenvalue weighted by Crippen LogP contribution is -2.23. The van der Waals surface area contributed by atoms with Gasteiger partial charge in [-0.05, 0) is 19.8 Å². The average Bonchev–Trinajstić information content (AvgIpc) is 2.93. The standard InChI is InChI=1S/C14H17N3O4/c1-2-16-11(14(19)20)8-13(18)17-12(16)7-10(15-17)9-3-5-21-6-4-9/h7-9H,2-6H2,1H3,(H,19,20). The van der Waals surface area contributed by atoms with Crippen LogP contribution in [0.5, 0.6) is 0 Å². The fourth-order valence-electron chi connectivity index (χ4n) is 2.83. The van der Waals surface area contributed by atoms with E-state index in [1.807, 2.05) is 13.0 Å². The highest BCUT2D eigenvalue weighted by Gasteiger charge is 2.21. The van der Waals surface area contributed by atoms with Crippen molar-refractivity contribution in [3.63, 3.8) is 0 Å². The van der Waals surface area contributed by atoms with Crippen LogP contribution in [0.3, 0.4) is 0 Å². The largest absolute Gasteiger partial charge is 0.477 e. The molecule has 1 saturated heterocycles. The monoisotopic (exact) mass is 291 g/mol. The minimum absolute atomic E-state index is 0.00609.